The molecule has 0 aromatic heterocycles. The summed E-state index contributed by atoms with van der Waals surface area (Å²) in [4.78, 5) is 12.8. The van der Waals surface area contributed by atoms with Crippen LogP contribution in [0.25, 0.3) is 0 Å². The normalized spacial score (nSPS) is 18.2. The molecule has 1 heterocycles. The number of hydrogen-bond donors (Lipinski definition) is 0. The number of cyclic esters (lactones) is 1. The van der Waals surface area contributed by atoms with Gasteiger partial charge in [-0.3, -0.25) is 4.79 Å². The first kappa shape index (κ1) is 19.1. The van der Waals surface area contributed by atoms with Crippen molar-refractivity contribution in [3.63, 3.8) is 0 Å². The molecule has 3 aromatic carbocycles. The van der Waals surface area contributed by atoms with Crippen molar-refractivity contribution in [2.24, 2.45) is 5.92 Å². The smallest absolute Gasteiger partial charge is 0.315 e. The zero-order valence-electron chi connectivity index (χ0n) is 15.7. The van der Waals surface area contributed by atoms with Gasteiger partial charge in [-0.25, -0.2) is 0 Å². The van der Waals surface area contributed by atoms with Crippen LogP contribution in [0, 0.1) is 17.8 Å². The highest BCUT2D eigenvalue weighted by molar-refractivity contribution is 6.31. The van der Waals surface area contributed by atoms with Gasteiger partial charge in [-0.2, -0.15) is 0 Å². The van der Waals surface area contributed by atoms with E-state index in [0.717, 1.165) is 22.3 Å². The first-order valence-electron chi connectivity index (χ1n) is 9.48. The van der Waals surface area contributed by atoms with E-state index in [2.05, 4.69) is 11.8 Å². The van der Waals surface area contributed by atoms with E-state index in [-0.39, 0.29) is 11.9 Å². The minimum absolute atomic E-state index is 0.260. The SMILES string of the molecule is O=C1OC=C(C#Cc2ccccc2)[C@@H](c2ccccc2Cl)[C@@H]1Cc1ccccc1. The first-order chi connectivity index (χ1) is 14.2. The van der Waals surface area contributed by atoms with E-state index >= 15 is 0 Å². The Morgan fingerprint density at radius 1 is 0.828 bits per heavy atom. The number of esters is 1. The molecule has 142 valence electrons. The average Bonchev–Trinajstić information content (AvgIpc) is 2.76. The predicted octanol–water partition coefficient (Wildman–Crippen LogP) is 5.77. The average molecular weight is 399 g/mol. The van der Waals surface area contributed by atoms with Crippen molar-refractivity contribution in [1.29, 1.82) is 0 Å². The van der Waals surface area contributed by atoms with Crippen molar-refractivity contribution < 1.29 is 9.53 Å². The lowest BCUT2D eigenvalue weighted by molar-refractivity contribution is -0.144. The maximum absolute atomic E-state index is 12.8. The second-order valence-corrected chi connectivity index (χ2v) is 7.33. The van der Waals surface area contributed by atoms with E-state index in [1.165, 1.54) is 6.26 Å². The maximum Gasteiger partial charge on any atom is 0.315 e. The highest BCUT2D eigenvalue weighted by Crippen LogP contribution is 2.40. The number of carbonyl (C=O) groups is 1. The lowest BCUT2D eigenvalue weighted by Gasteiger charge is -2.30. The van der Waals surface area contributed by atoms with Gasteiger partial charge >= 0.3 is 5.97 Å². The summed E-state index contributed by atoms with van der Waals surface area (Å²) in [6.07, 6.45) is 2.04. The molecule has 3 aromatic rings. The van der Waals surface area contributed by atoms with E-state index in [1.807, 2.05) is 84.9 Å². The fraction of sp³-hybridized carbons (Fsp3) is 0.115. The molecule has 0 N–H and O–H groups in total. The van der Waals surface area contributed by atoms with Crippen molar-refractivity contribution in [3.8, 4) is 11.8 Å². The summed E-state index contributed by atoms with van der Waals surface area (Å²) in [5.41, 5.74) is 3.62. The highest BCUT2D eigenvalue weighted by Gasteiger charge is 2.37. The zero-order chi connectivity index (χ0) is 20.1. The van der Waals surface area contributed by atoms with E-state index in [1.54, 1.807) is 0 Å². The quantitative estimate of drug-likeness (QED) is 0.413. The summed E-state index contributed by atoms with van der Waals surface area (Å²) >= 11 is 6.53. The highest BCUT2D eigenvalue weighted by atomic mass is 35.5. The fourth-order valence-electron chi connectivity index (χ4n) is 3.59. The number of carbonyl (C=O) groups excluding carboxylic acids is 1. The second kappa shape index (κ2) is 8.82. The van der Waals surface area contributed by atoms with Crippen molar-refractivity contribution >= 4 is 17.6 Å². The van der Waals surface area contributed by atoms with Gasteiger partial charge in [0.25, 0.3) is 0 Å². The van der Waals surface area contributed by atoms with Crippen LogP contribution in [0.5, 0.6) is 0 Å². The predicted molar refractivity (Wildman–Crippen MR) is 115 cm³/mol. The van der Waals surface area contributed by atoms with Crippen LogP contribution in [0.1, 0.15) is 22.6 Å². The topological polar surface area (TPSA) is 26.3 Å². The first-order valence-corrected chi connectivity index (χ1v) is 9.86. The number of hydrogen-bond acceptors (Lipinski definition) is 2. The molecule has 0 unspecified atom stereocenters. The van der Waals surface area contributed by atoms with Gasteiger partial charge in [-0.15, -0.1) is 0 Å². The summed E-state index contributed by atoms with van der Waals surface area (Å²) in [6, 6.07) is 27.3. The molecule has 2 atom stereocenters. The molecule has 0 spiro atoms. The molecule has 0 amide bonds. The minimum atomic E-state index is -0.401. The standard InChI is InChI=1S/C26H19ClO2/c27-24-14-8-7-13-22(24)25-21(16-15-19-9-3-1-4-10-19)18-29-26(28)23(25)17-20-11-5-2-6-12-20/h1-14,18,23,25H,17H2/t23-,25-/m0/s1. The molecule has 0 fully saturated rings. The summed E-state index contributed by atoms with van der Waals surface area (Å²) in [5.74, 6) is 5.48. The molecule has 3 heteroatoms. The van der Waals surface area contributed by atoms with E-state index in [0.29, 0.717) is 11.4 Å². The molecule has 0 radical (unpaired) electrons. The lowest BCUT2D eigenvalue weighted by Crippen LogP contribution is -2.30. The van der Waals surface area contributed by atoms with Crippen LogP contribution in [-0.4, -0.2) is 5.97 Å². The molecule has 0 bridgehead atoms. The molecule has 0 saturated heterocycles. The second-order valence-electron chi connectivity index (χ2n) is 6.92. The molecule has 29 heavy (non-hydrogen) atoms. The summed E-state index contributed by atoms with van der Waals surface area (Å²) in [7, 11) is 0. The van der Waals surface area contributed by atoms with Crippen molar-refractivity contribution in [2.45, 2.75) is 12.3 Å². The van der Waals surface area contributed by atoms with Crippen LogP contribution in [0.15, 0.2) is 96.8 Å². The Morgan fingerprint density at radius 3 is 2.21 bits per heavy atom. The Kier molecular flexibility index (Phi) is 5.79. The number of ether oxygens (including phenoxy) is 1. The number of benzene rings is 3. The largest absolute Gasteiger partial charge is 0.433 e. The molecule has 0 saturated carbocycles. The maximum atomic E-state index is 12.8. The molecule has 4 rings (SSSR count). The Bertz CT molecular complexity index is 1090. The van der Waals surface area contributed by atoms with E-state index in [4.69, 9.17) is 16.3 Å². The monoisotopic (exact) mass is 398 g/mol. The minimum Gasteiger partial charge on any atom is -0.433 e. The third-order valence-corrected chi connectivity index (χ3v) is 5.35. The summed E-state index contributed by atoms with van der Waals surface area (Å²) in [6.45, 7) is 0. The summed E-state index contributed by atoms with van der Waals surface area (Å²) in [5, 5.41) is 0.623. The number of halogens is 1. The van der Waals surface area contributed by atoms with Crippen LogP contribution in [-0.2, 0) is 16.0 Å². The van der Waals surface area contributed by atoms with Gasteiger partial charge in [-0.1, -0.05) is 90.2 Å². The number of rotatable bonds is 3. The third kappa shape index (κ3) is 4.42. The fourth-order valence-corrected chi connectivity index (χ4v) is 3.84. The van der Waals surface area contributed by atoms with Crippen LogP contribution in [0.2, 0.25) is 5.02 Å². The van der Waals surface area contributed by atoms with Gasteiger partial charge < -0.3 is 4.74 Å². The van der Waals surface area contributed by atoms with Gasteiger partial charge in [-0.05, 0) is 35.7 Å². The van der Waals surface area contributed by atoms with E-state index in [9.17, 15) is 4.79 Å². The Morgan fingerprint density at radius 2 is 1.48 bits per heavy atom. The van der Waals surface area contributed by atoms with Gasteiger partial charge in [0.05, 0.1) is 5.92 Å². The molecular formula is C26H19ClO2. The van der Waals surface area contributed by atoms with Crippen molar-refractivity contribution in [3.05, 3.63) is 118 Å². The Labute approximate surface area is 175 Å². The van der Waals surface area contributed by atoms with Crippen LogP contribution < -0.4 is 0 Å². The Hall–Kier alpha value is -3.28. The molecular weight excluding hydrogens is 380 g/mol. The number of allylic oxidation sites excluding steroid dienone is 1. The third-order valence-electron chi connectivity index (χ3n) is 5.01. The van der Waals surface area contributed by atoms with Gasteiger partial charge in [0, 0.05) is 22.1 Å². The van der Waals surface area contributed by atoms with Crippen LogP contribution in [0.3, 0.4) is 0 Å². The van der Waals surface area contributed by atoms with Gasteiger partial charge in [0.1, 0.15) is 6.26 Å². The molecule has 1 aliphatic heterocycles. The zero-order valence-corrected chi connectivity index (χ0v) is 16.5. The van der Waals surface area contributed by atoms with Gasteiger partial charge in [0.15, 0.2) is 0 Å². The van der Waals surface area contributed by atoms with Crippen molar-refractivity contribution in [1.82, 2.24) is 0 Å². The van der Waals surface area contributed by atoms with E-state index < -0.39 is 5.92 Å². The Balaban J connectivity index is 1.76. The molecule has 2 nitrogen and oxygen atoms in total. The summed E-state index contributed by atoms with van der Waals surface area (Å²) < 4.78 is 5.41. The lowest BCUT2D eigenvalue weighted by atomic mass is 9.77. The van der Waals surface area contributed by atoms with Gasteiger partial charge in [0.2, 0.25) is 0 Å². The molecule has 1 aliphatic rings. The van der Waals surface area contributed by atoms with Crippen LogP contribution in [0.4, 0.5) is 0 Å². The molecule has 0 aliphatic carbocycles. The van der Waals surface area contributed by atoms with Crippen LogP contribution >= 0.6 is 11.6 Å². The van der Waals surface area contributed by atoms with Crippen molar-refractivity contribution in [2.75, 3.05) is 0 Å².